The number of ether oxygens (including phenoxy) is 1. The van der Waals surface area contributed by atoms with Gasteiger partial charge in [0.25, 0.3) is 5.91 Å². The zero-order chi connectivity index (χ0) is 19.2. The second-order valence-electron chi connectivity index (χ2n) is 7.22. The number of benzene rings is 2. The van der Waals surface area contributed by atoms with Crippen molar-refractivity contribution in [1.29, 1.82) is 0 Å². The average molecular weight is 370 g/mol. The van der Waals surface area contributed by atoms with E-state index in [1.807, 2.05) is 36.2 Å². The van der Waals surface area contributed by atoms with Gasteiger partial charge in [0.1, 0.15) is 5.82 Å². The Morgan fingerprint density at radius 2 is 1.78 bits per heavy atom. The van der Waals surface area contributed by atoms with Crippen LogP contribution < -0.4 is 0 Å². The Morgan fingerprint density at radius 3 is 2.41 bits per heavy atom. The number of methoxy groups -OCH3 is 1. The summed E-state index contributed by atoms with van der Waals surface area (Å²) in [5.41, 5.74) is 2.59. The molecule has 0 unspecified atom stereocenters. The van der Waals surface area contributed by atoms with Crippen molar-refractivity contribution >= 4 is 5.91 Å². The second-order valence-corrected chi connectivity index (χ2v) is 7.22. The third kappa shape index (κ3) is 5.15. The van der Waals surface area contributed by atoms with Gasteiger partial charge in [-0.15, -0.1) is 0 Å². The van der Waals surface area contributed by atoms with E-state index in [1.165, 1.54) is 12.1 Å². The Balaban J connectivity index is 1.56. The van der Waals surface area contributed by atoms with Crippen molar-refractivity contribution in [2.24, 2.45) is 5.92 Å². The highest BCUT2D eigenvalue weighted by Gasteiger charge is 2.25. The van der Waals surface area contributed by atoms with Crippen LogP contribution in [0.25, 0.3) is 11.1 Å². The Bertz CT molecular complexity index is 746. The molecule has 0 N–H and O–H groups in total. The number of carbonyl (C=O) groups is 1. The molecular weight excluding hydrogens is 343 g/mol. The van der Waals surface area contributed by atoms with Gasteiger partial charge in [0.05, 0.1) is 6.61 Å². The van der Waals surface area contributed by atoms with Crippen molar-refractivity contribution in [1.82, 2.24) is 9.80 Å². The molecule has 1 saturated heterocycles. The molecule has 1 aliphatic rings. The van der Waals surface area contributed by atoms with E-state index in [0.29, 0.717) is 11.5 Å². The molecule has 1 aliphatic heterocycles. The van der Waals surface area contributed by atoms with E-state index in [0.717, 1.165) is 50.3 Å². The maximum Gasteiger partial charge on any atom is 0.253 e. The monoisotopic (exact) mass is 370 g/mol. The lowest BCUT2D eigenvalue weighted by Crippen LogP contribution is -2.33. The van der Waals surface area contributed by atoms with Crippen molar-refractivity contribution < 1.29 is 13.9 Å². The fourth-order valence-corrected chi connectivity index (χ4v) is 3.62. The first-order valence-electron chi connectivity index (χ1n) is 9.39. The van der Waals surface area contributed by atoms with Crippen LogP contribution in [-0.4, -0.2) is 62.7 Å². The van der Waals surface area contributed by atoms with Crippen LogP contribution in [0.1, 0.15) is 16.8 Å². The van der Waals surface area contributed by atoms with E-state index in [9.17, 15) is 9.18 Å². The first-order valence-corrected chi connectivity index (χ1v) is 9.39. The molecule has 0 spiro atoms. The first kappa shape index (κ1) is 19.5. The molecule has 27 heavy (non-hydrogen) atoms. The molecule has 0 radical (unpaired) electrons. The van der Waals surface area contributed by atoms with Crippen molar-refractivity contribution in [3.05, 3.63) is 59.9 Å². The molecule has 0 bridgehead atoms. The SMILES string of the molecule is COCCN1CC[C@H](CN(C)C(=O)c2ccc(-c3ccc(F)cc3)cc2)C1. The molecule has 1 atom stereocenters. The molecule has 4 nitrogen and oxygen atoms in total. The molecule has 2 aromatic rings. The van der Waals surface area contributed by atoms with Crippen LogP contribution in [0.4, 0.5) is 4.39 Å². The molecule has 144 valence electrons. The zero-order valence-electron chi connectivity index (χ0n) is 16.0. The van der Waals surface area contributed by atoms with E-state index in [2.05, 4.69) is 4.90 Å². The predicted octanol–water partition coefficient (Wildman–Crippen LogP) is 3.53. The molecule has 5 heteroatoms. The topological polar surface area (TPSA) is 32.8 Å². The summed E-state index contributed by atoms with van der Waals surface area (Å²) >= 11 is 0. The number of hydrogen-bond acceptors (Lipinski definition) is 3. The van der Waals surface area contributed by atoms with E-state index in [-0.39, 0.29) is 11.7 Å². The fraction of sp³-hybridized carbons (Fsp3) is 0.409. The minimum atomic E-state index is -0.250. The highest BCUT2D eigenvalue weighted by molar-refractivity contribution is 5.94. The minimum absolute atomic E-state index is 0.0380. The molecule has 0 aromatic heterocycles. The van der Waals surface area contributed by atoms with E-state index >= 15 is 0 Å². The Morgan fingerprint density at radius 1 is 1.15 bits per heavy atom. The van der Waals surface area contributed by atoms with Gasteiger partial charge in [-0.1, -0.05) is 24.3 Å². The zero-order valence-corrected chi connectivity index (χ0v) is 16.0. The Kier molecular flexibility index (Phi) is 6.58. The van der Waals surface area contributed by atoms with Crippen LogP contribution in [0, 0.1) is 11.7 Å². The molecule has 2 aromatic carbocycles. The lowest BCUT2D eigenvalue weighted by atomic mass is 10.0. The molecule has 0 saturated carbocycles. The summed E-state index contributed by atoms with van der Waals surface area (Å²) in [4.78, 5) is 16.9. The standard InChI is InChI=1S/C22H27FN2O2/c1-24(15-17-11-12-25(16-17)13-14-27-2)22(26)20-5-3-18(4-6-20)19-7-9-21(23)10-8-19/h3-10,17H,11-16H2,1-2H3/t17-/m1/s1. The van der Waals surface area contributed by atoms with Gasteiger partial charge in [-0.2, -0.15) is 0 Å². The van der Waals surface area contributed by atoms with Gasteiger partial charge in [0.15, 0.2) is 0 Å². The quantitative estimate of drug-likeness (QED) is 0.747. The Hall–Kier alpha value is -2.24. The Labute approximate surface area is 160 Å². The number of halogens is 1. The van der Waals surface area contributed by atoms with E-state index in [4.69, 9.17) is 4.74 Å². The number of likely N-dealkylation sites (tertiary alicyclic amines) is 1. The number of amides is 1. The van der Waals surface area contributed by atoms with Gasteiger partial charge in [-0.25, -0.2) is 4.39 Å². The first-order chi connectivity index (χ1) is 13.1. The van der Waals surface area contributed by atoms with Crippen LogP contribution in [0.2, 0.25) is 0 Å². The van der Waals surface area contributed by atoms with Crippen LogP contribution in [0.3, 0.4) is 0 Å². The summed E-state index contributed by atoms with van der Waals surface area (Å²) in [6.07, 6.45) is 1.12. The van der Waals surface area contributed by atoms with Gasteiger partial charge in [0, 0.05) is 39.4 Å². The largest absolute Gasteiger partial charge is 0.383 e. The smallest absolute Gasteiger partial charge is 0.253 e. The molecular formula is C22H27FN2O2. The molecule has 1 heterocycles. The van der Waals surface area contributed by atoms with Crippen LogP contribution in [0.15, 0.2) is 48.5 Å². The molecule has 1 amide bonds. The van der Waals surface area contributed by atoms with E-state index in [1.54, 1.807) is 19.2 Å². The summed E-state index contributed by atoms with van der Waals surface area (Å²) < 4.78 is 18.2. The predicted molar refractivity (Wildman–Crippen MR) is 105 cm³/mol. The van der Waals surface area contributed by atoms with Gasteiger partial charge in [-0.05, 0) is 54.3 Å². The summed E-state index contributed by atoms with van der Waals surface area (Å²) in [6, 6.07) is 13.9. The van der Waals surface area contributed by atoms with Gasteiger partial charge in [0.2, 0.25) is 0 Å². The van der Waals surface area contributed by atoms with E-state index < -0.39 is 0 Å². The second kappa shape index (κ2) is 9.11. The summed E-state index contributed by atoms with van der Waals surface area (Å²) in [7, 11) is 3.59. The molecule has 1 fully saturated rings. The number of carbonyl (C=O) groups excluding carboxylic acids is 1. The summed E-state index contributed by atoms with van der Waals surface area (Å²) in [5.74, 6) is 0.296. The van der Waals surface area contributed by atoms with Crippen molar-refractivity contribution in [2.45, 2.75) is 6.42 Å². The number of hydrogen-bond donors (Lipinski definition) is 0. The minimum Gasteiger partial charge on any atom is -0.383 e. The van der Waals surface area contributed by atoms with Crippen LogP contribution in [0.5, 0.6) is 0 Å². The number of nitrogens with zero attached hydrogens (tertiary/aromatic N) is 2. The highest BCUT2D eigenvalue weighted by atomic mass is 19.1. The summed E-state index contributed by atoms with van der Waals surface area (Å²) in [6.45, 7) is 4.56. The van der Waals surface area contributed by atoms with Crippen molar-refractivity contribution in [3.8, 4) is 11.1 Å². The van der Waals surface area contributed by atoms with Gasteiger partial charge in [-0.3, -0.25) is 4.79 Å². The van der Waals surface area contributed by atoms with Crippen LogP contribution >= 0.6 is 0 Å². The lowest BCUT2D eigenvalue weighted by molar-refractivity contribution is 0.0772. The molecule has 3 rings (SSSR count). The van der Waals surface area contributed by atoms with Gasteiger partial charge >= 0.3 is 0 Å². The third-order valence-corrected chi connectivity index (χ3v) is 5.17. The van der Waals surface area contributed by atoms with Gasteiger partial charge < -0.3 is 14.5 Å². The summed E-state index contributed by atoms with van der Waals surface area (Å²) in [5, 5.41) is 0. The maximum absolute atomic E-state index is 13.1. The fourth-order valence-electron chi connectivity index (χ4n) is 3.62. The normalized spacial score (nSPS) is 17.2. The highest BCUT2D eigenvalue weighted by Crippen LogP contribution is 2.21. The maximum atomic E-state index is 13.1. The van der Waals surface area contributed by atoms with Crippen molar-refractivity contribution in [3.63, 3.8) is 0 Å². The average Bonchev–Trinajstić information content (AvgIpc) is 3.13. The third-order valence-electron chi connectivity index (χ3n) is 5.17. The van der Waals surface area contributed by atoms with Crippen molar-refractivity contribution in [2.75, 3.05) is 46.9 Å². The number of rotatable bonds is 7. The van der Waals surface area contributed by atoms with Crippen LogP contribution in [-0.2, 0) is 4.74 Å². The molecule has 0 aliphatic carbocycles. The lowest BCUT2D eigenvalue weighted by Gasteiger charge is -2.22.